The van der Waals surface area contributed by atoms with Crippen molar-refractivity contribution in [2.45, 2.75) is 0 Å². The molecule has 4 heterocycles. The Morgan fingerprint density at radius 3 is 1.64 bits per heavy atom. The molecule has 10 nitrogen and oxygen atoms in total. The van der Waals surface area contributed by atoms with E-state index in [1.54, 1.807) is 37.2 Å². The Morgan fingerprint density at radius 2 is 1.18 bits per heavy atom. The van der Waals surface area contributed by atoms with Gasteiger partial charge in [0, 0.05) is 35.9 Å². The van der Waals surface area contributed by atoms with Gasteiger partial charge in [0.05, 0.1) is 12.4 Å². The third-order valence-electron chi connectivity index (χ3n) is 3.96. The van der Waals surface area contributed by atoms with E-state index in [0.29, 0.717) is 34.7 Å². The number of hydrogen-bond acceptors (Lipinski definition) is 8. The minimum atomic E-state index is 0.548. The van der Waals surface area contributed by atoms with Crippen molar-refractivity contribution in [3.8, 4) is 45.8 Å². The smallest absolute Gasteiger partial charge is 0.181 e. The van der Waals surface area contributed by atoms with Gasteiger partial charge < -0.3 is 0 Å². The van der Waals surface area contributed by atoms with Crippen LogP contribution in [0.3, 0.4) is 0 Å². The molecule has 10 heteroatoms. The van der Waals surface area contributed by atoms with E-state index >= 15 is 0 Å². The molecule has 0 saturated heterocycles. The average molecular weight is 368 g/mol. The standard InChI is InChI=1S/C18H12N10/c1-2-11(15-23-17(27-25-15)13-9-19-4-6-21-13)8-12(3-1)16-24-18(28-26-16)14-10-20-5-7-22-14/h1-10H,(H,23,25,27)(H,24,26,28). The normalized spacial score (nSPS) is 10.9. The predicted octanol–water partition coefficient (Wildman–Crippen LogP) is 2.17. The Morgan fingerprint density at radius 1 is 0.643 bits per heavy atom. The van der Waals surface area contributed by atoms with Crippen LogP contribution in [-0.2, 0) is 0 Å². The van der Waals surface area contributed by atoms with E-state index in [4.69, 9.17) is 0 Å². The number of hydrogen-bond donors (Lipinski definition) is 2. The van der Waals surface area contributed by atoms with Gasteiger partial charge in [0.15, 0.2) is 23.3 Å². The summed E-state index contributed by atoms with van der Waals surface area (Å²) in [6.07, 6.45) is 9.68. The zero-order valence-electron chi connectivity index (χ0n) is 14.4. The topological polar surface area (TPSA) is 135 Å². The fourth-order valence-corrected chi connectivity index (χ4v) is 2.65. The molecule has 2 N–H and O–H groups in total. The van der Waals surface area contributed by atoms with Crippen LogP contribution in [0.15, 0.2) is 61.4 Å². The molecule has 0 amide bonds. The summed E-state index contributed by atoms with van der Waals surface area (Å²) in [7, 11) is 0. The molecule has 0 atom stereocenters. The van der Waals surface area contributed by atoms with Crippen molar-refractivity contribution in [2.24, 2.45) is 0 Å². The molecular weight excluding hydrogens is 356 g/mol. The first-order valence-electron chi connectivity index (χ1n) is 8.35. The molecule has 0 fully saturated rings. The Kier molecular flexibility index (Phi) is 3.83. The lowest BCUT2D eigenvalue weighted by molar-refractivity contribution is 1.08. The summed E-state index contributed by atoms with van der Waals surface area (Å²) >= 11 is 0. The quantitative estimate of drug-likeness (QED) is 0.493. The first kappa shape index (κ1) is 15.9. The van der Waals surface area contributed by atoms with E-state index in [0.717, 1.165) is 11.1 Å². The van der Waals surface area contributed by atoms with Gasteiger partial charge in [-0.15, -0.1) is 0 Å². The summed E-state index contributed by atoms with van der Waals surface area (Å²) in [5, 5.41) is 14.3. The van der Waals surface area contributed by atoms with E-state index in [1.165, 1.54) is 0 Å². The van der Waals surface area contributed by atoms with Crippen molar-refractivity contribution in [3.05, 3.63) is 61.4 Å². The molecule has 0 spiro atoms. The van der Waals surface area contributed by atoms with E-state index in [2.05, 4.69) is 50.3 Å². The van der Waals surface area contributed by atoms with Crippen molar-refractivity contribution in [1.82, 2.24) is 50.3 Å². The highest BCUT2D eigenvalue weighted by Gasteiger charge is 2.12. The van der Waals surface area contributed by atoms with E-state index in [-0.39, 0.29) is 0 Å². The van der Waals surface area contributed by atoms with Gasteiger partial charge in [-0.25, -0.2) is 19.9 Å². The number of nitrogens with zero attached hydrogens (tertiary/aromatic N) is 8. The monoisotopic (exact) mass is 368 g/mol. The van der Waals surface area contributed by atoms with Crippen molar-refractivity contribution in [2.75, 3.05) is 0 Å². The van der Waals surface area contributed by atoms with Crippen molar-refractivity contribution in [3.63, 3.8) is 0 Å². The molecule has 0 saturated carbocycles. The summed E-state index contributed by atoms with van der Waals surface area (Å²) in [6, 6.07) is 7.67. The van der Waals surface area contributed by atoms with Gasteiger partial charge in [0.2, 0.25) is 0 Å². The van der Waals surface area contributed by atoms with Crippen molar-refractivity contribution >= 4 is 0 Å². The third kappa shape index (κ3) is 2.98. The Labute approximate surface area is 158 Å². The molecule has 0 aliphatic carbocycles. The van der Waals surface area contributed by atoms with E-state index in [9.17, 15) is 0 Å². The summed E-state index contributed by atoms with van der Waals surface area (Å²) in [6.45, 7) is 0. The molecule has 28 heavy (non-hydrogen) atoms. The lowest BCUT2D eigenvalue weighted by Gasteiger charge is -1.99. The van der Waals surface area contributed by atoms with Crippen LogP contribution in [0.25, 0.3) is 45.8 Å². The van der Waals surface area contributed by atoms with Gasteiger partial charge >= 0.3 is 0 Å². The summed E-state index contributed by atoms with van der Waals surface area (Å²) in [4.78, 5) is 25.5. The lowest BCUT2D eigenvalue weighted by Crippen LogP contribution is -1.87. The predicted molar refractivity (Wildman–Crippen MR) is 99.2 cm³/mol. The van der Waals surface area contributed by atoms with Gasteiger partial charge in [-0.1, -0.05) is 18.2 Å². The molecule has 0 aliphatic rings. The maximum atomic E-state index is 4.50. The fraction of sp³-hybridized carbons (Fsp3) is 0. The number of rotatable bonds is 4. The zero-order chi connectivity index (χ0) is 18.8. The number of benzene rings is 1. The lowest BCUT2D eigenvalue weighted by atomic mass is 10.1. The minimum Gasteiger partial charge on any atom is -0.261 e. The number of aromatic amines is 2. The average Bonchev–Trinajstić information content (AvgIpc) is 3.46. The number of nitrogens with one attached hydrogen (secondary N) is 2. The second-order valence-corrected chi connectivity index (χ2v) is 5.78. The molecule has 0 aliphatic heterocycles. The second kappa shape index (κ2) is 6.76. The highest BCUT2D eigenvalue weighted by molar-refractivity contribution is 5.67. The summed E-state index contributed by atoms with van der Waals surface area (Å²) in [5.41, 5.74) is 2.91. The Balaban J connectivity index is 1.46. The van der Waals surface area contributed by atoms with Crippen LogP contribution in [0.2, 0.25) is 0 Å². The number of aromatic nitrogens is 10. The van der Waals surface area contributed by atoms with Gasteiger partial charge in [-0.2, -0.15) is 10.2 Å². The zero-order valence-corrected chi connectivity index (χ0v) is 14.4. The molecule has 4 aromatic heterocycles. The summed E-state index contributed by atoms with van der Waals surface area (Å²) in [5.74, 6) is 2.20. The van der Waals surface area contributed by atoms with Gasteiger partial charge in [-0.3, -0.25) is 20.2 Å². The maximum absolute atomic E-state index is 4.50. The van der Waals surface area contributed by atoms with Crippen molar-refractivity contribution in [1.29, 1.82) is 0 Å². The molecule has 0 radical (unpaired) electrons. The van der Waals surface area contributed by atoms with Crippen LogP contribution < -0.4 is 0 Å². The highest BCUT2D eigenvalue weighted by Crippen LogP contribution is 2.24. The van der Waals surface area contributed by atoms with Gasteiger partial charge in [-0.05, 0) is 6.07 Å². The van der Waals surface area contributed by atoms with Crippen LogP contribution in [0.5, 0.6) is 0 Å². The minimum absolute atomic E-state index is 0.548. The van der Waals surface area contributed by atoms with Crippen LogP contribution in [-0.4, -0.2) is 50.3 Å². The fourth-order valence-electron chi connectivity index (χ4n) is 2.65. The second-order valence-electron chi connectivity index (χ2n) is 5.78. The number of H-pyrrole nitrogens is 2. The molecule has 5 rings (SSSR count). The maximum Gasteiger partial charge on any atom is 0.181 e. The molecule has 5 aromatic rings. The summed E-state index contributed by atoms with van der Waals surface area (Å²) < 4.78 is 0. The Hall–Kier alpha value is -4.34. The third-order valence-corrected chi connectivity index (χ3v) is 3.96. The van der Waals surface area contributed by atoms with Crippen LogP contribution in [0.4, 0.5) is 0 Å². The highest BCUT2D eigenvalue weighted by atomic mass is 15.2. The molecule has 1 aromatic carbocycles. The molecule has 0 unspecified atom stereocenters. The van der Waals surface area contributed by atoms with Gasteiger partial charge in [0.25, 0.3) is 0 Å². The molecule has 0 bridgehead atoms. The SMILES string of the molecule is c1cc(-c2n[nH]c(-c3cnccn3)n2)cc(-c2n[nH]c(-c3cnccn3)n2)c1. The van der Waals surface area contributed by atoms with Crippen LogP contribution in [0.1, 0.15) is 0 Å². The van der Waals surface area contributed by atoms with E-state index < -0.39 is 0 Å². The van der Waals surface area contributed by atoms with Crippen LogP contribution in [0, 0.1) is 0 Å². The van der Waals surface area contributed by atoms with Crippen molar-refractivity contribution < 1.29 is 0 Å². The Bertz CT molecular complexity index is 1120. The van der Waals surface area contributed by atoms with E-state index in [1.807, 2.05) is 24.3 Å². The first-order valence-corrected chi connectivity index (χ1v) is 8.35. The van der Waals surface area contributed by atoms with Crippen LogP contribution >= 0.6 is 0 Å². The largest absolute Gasteiger partial charge is 0.261 e. The molecule has 134 valence electrons. The van der Waals surface area contributed by atoms with Gasteiger partial charge in [0.1, 0.15) is 11.4 Å². The molecular formula is C18H12N10. The first-order chi connectivity index (χ1) is 13.9.